The lowest BCUT2D eigenvalue weighted by molar-refractivity contribution is -0.385. The summed E-state index contributed by atoms with van der Waals surface area (Å²) in [7, 11) is 0. The number of hydrogen-bond acceptors (Lipinski definition) is 5. The van der Waals surface area contributed by atoms with Crippen molar-refractivity contribution in [1.29, 1.82) is 0 Å². The number of benzene rings is 2. The summed E-state index contributed by atoms with van der Waals surface area (Å²) in [6.07, 6.45) is 0. The maximum absolute atomic E-state index is 11.1. The van der Waals surface area contributed by atoms with Gasteiger partial charge in [0.1, 0.15) is 5.75 Å². The zero-order valence-electron chi connectivity index (χ0n) is 14.1. The van der Waals surface area contributed by atoms with Gasteiger partial charge < -0.3 is 15.2 Å². The Hall–Kier alpha value is -2.60. The van der Waals surface area contributed by atoms with Gasteiger partial charge in [0.25, 0.3) is 5.69 Å². The summed E-state index contributed by atoms with van der Waals surface area (Å²) in [6.45, 7) is 5.96. The minimum Gasteiger partial charge on any atom is -0.494 e. The molecule has 0 aromatic heterocycles. The van der Waals surface area contributed by atoms with Crippen LogP contribution in [0.1, 0.15) is 36.6 Å². The molecule has 0 aliphatic heterocycles. The van der Waals surface area contributed by atoms with Crippen LogP contribution in [0, 0.1) is 17.0 Å². The highest BCUT2D eigenvalue weighted by molar-refractivity contribution is 5.53. The van der Waals surface area contributed by atoms with Crippen LogP contribution in [-0.2, 0) is 6.61 Å². The smallest absolute Gasteiger partial charge is 0.272 e. The van der Waals surface area contributed by atoms with Crippen LogP contribution in [0.5, 0.6) is 5.75 Å². The van der Waals surface area contributed by atoms with E-state index in [0.717, 1.165) is 11.3 Å². The number of hydrogen-bond donors (Lipinski definition) is 2. The van der Waals surface area contributed by atoms with Crippen molar-refractivity contribution < 1.29 is 14.8 Å². The normalized spacial score (nSPS) is 11.8. The van der Waals surface area contributed by atoms with Gasteiger partial charge in [-0.05, 0) is 44.5 Å². The van der Waals surface area contributed by atoms with E-state index in [1.807, 2.05) is 38.1 Å². The van der Waals surface area contributed by atoms with Gasteiger partial charge in [-0.3, -0.25) is 10.1 Å². The van der Waals surface area contributed by atoms with E-state index in [9.17, 15) is 15.2 Å². The molecule has 0 amide bonds. The van der Waals surface area contributed by atoms with Gasteiger partial charge in [0.2, 0.25) is 0 Å². The number of nitro benzene ring substituents is 1. The molecule has 0 aliphatic rings. The maximum atomic E-state index is 11.1. The molecule has 0 bridgehead atoms. The number of ether oxygens (including phenoxy) is 1. The van der Waals surface area contributed by atoms with Crippen molar-refractivity contribution in [1.82, 2.24) is 0 Å². The number of aryl methyl sites for hydroxylation is 1. The topological polar surface area (TPSA) is 84.6 Å². The summed E-state index contributed by atoms with van der Waals surface area (Å²) in [4.78, 5) is 10.7. The summed E-state index contributed by atoms with van der Waals surface area (Å²) in [5.41, 5.74) is 3.09. The fraction of sp³-hybridized carbons (Fsp3) is 0.333. The average molecular weight is 330 g/mol. The first kappa shape index (κ1) is 17.7. The standard InChI is InChI=1S/C18H22N2O4/c1-4-24-18-8-7-16(9-15(18)11-21)19-13(3)14-6-5-12(2)17(10-14)20(22)23/h5-10,13,19,21H,4,11H2,1-3H3. The van der Waals surface area contributed by atoms with Gasteiger partial charge in [0.15, 0.2) is 0 Å². The molecule has 0 radical (unpaired) electrons. The van der Waals surface area contributed by atoms with Crippen molar-refractivity contribution in [2.45, 2.75) is 33.4 Å². The summed E-state index contributed by atoms with van der Waals surface area (Å²) in [5, 5.41) is 23.8. The molecule has 128 valence electrons. The van der Waals surface area contributed by atoms with Crippen LogP contribution in [0.3, 0.4) is 0 Å². The first-order valence-electron chi connectivity index (χ1n) is 7.84. The lowest BCUT2D eigenvalue weighted by atomic mass is 10.0. The highest BCUT2D eigenvalue weighted by Gasteiger charge is 2.15. The van der Waals surface area contributed by atoms with E-state index in [0.29, 0.717) is 23.5 Å². The number of nitrogens with one attached hydrogen (secondary N) is 1. The molecule has 0 heterocycles. The van der Waals surface area contributed by atoms with Crippen LogP contribution >= 0.6 is 0 Å². The van der Waals surface area contributed by atoms with Gasteiger partial charge in [0.05, 0.1) is 18.1 Å². The van der Waals surface area contributed by atoms with Crippen LogP contribution in [0.2, 0.25) is 0 Å². The molecule has 1 unspecified atom stereocenters. The number of anilines is 1. The number of nitrogens with zero attached hydrogens (tertiary/aromatic N) is 1. The number of rotatable bonds is 7. The van der Waals surface area contributed by atoms with Crippen molar-refractivity contribution in [2.24, 2.45) is 0 Å². The third-order valence-corrected chi connectivity index (χ3v) is 3.84. The van der Waals surface area contributed by atoms with E-state index in [1.54, 1.807) is 19.1 Å². The molecule has 6 nitrogen and oxygen atoms in total. The molecule has 2 aromatic carbocycles. The molecule has 0 spiro atoms. The number of aliphatic hydroxyl groups excluding tert-OH is 1. The lowest BCUT2D eigenvalue weighted by Crippen LogP contribution is -2.08. The molecule has 24 heavy (non-hydrogen) atoms. The van der Waals surface area contributed by atoms with E-state index < -0.39 is 0 Å². The second-order valence-electron chi connectivity index (χ2n) is 5.58. The van der Waals surface area contributed by atoms with Crippen molar-refractivity contribution in [3.8, 4) is 5.75 Å². The Bertz CT molecular complexity index is 731. The minimum absolute atomic E-state index is 0.115. The fourth-order valence-corrected chi connectivity index (χ4v) is 2.51. The van der Waals surface area contributed by atoms with Gasteiger partial charge in [-0.1, -0.05) is 12.1 Å². The van der Waals surface area contributed by atoms with E-state index in [2.05, 4.69) is 5.32 Å². The Labute approximate surface area is 141 Å². The van der Waals surface area contributed by atoms with Crippen LogP contribution < -0.4 is 10.1 Å². The predicted molar refractivity (Wildman–Crippen MR) is 93.4 cm³/mol. The first-order chi connectivity index (χ1) is 11.5. The van der Waals surface area contributed by atoms with Gasteiger partial charge in [-0.15, -0.1) is 0 Å². The van der Waals surface area contributed by atoms with Gasteiger partial charge in [0, 0.05) is 28.9 Å². The molecule has 6 heteroatoms. The molecule has 2 aromatic rings. The molecular formula is C18H22N2O4. The highest BCUT2D eigenvalue weighted by Crippen LogP contribution is 2.28. The van der Waals surface area contributed by atoms with Crippen LogP contribution in [0.4, 0.5) is 11.4 Å². The van der Waals surface area contributed by atoms with Crippen molar-refractivity contribution in [3.63, 3.8) is 0 Å². The highest BCUT2D eigenvalue weighted by atomic mass is 16.6. The third-order valence-electron chi connectivity index (χ3n) is 3.84. The van der Waals surface area contributed by atoms with E-state index in [1.165, 1.54) is 0 Å². The zero-order chi connectivity index (χ0) is 17.7. The quantitative estimate of drug-likeness (QED) is 0.593. The molecule has 0 aliphatic carbocycles. The summed E-state index contributed by atoms with van der Waals surface area (Å²) in [5.74, 6) is 0.657. The Kier molecular flexibility index (Phi) is 5.76. The zero-order valence-corrected chi connectivity index (χ0v) is 14.1. The van der Waals surface area contributed by atoms with Gasteiger partial charge in [-0.25, -0.2) is 0 Å². The Morgan fingerprint density at radius 3 is 2.67 bits per heavy atom. The average Bonchev–Trinajstić information content (AvgIpc) is 2.56. The van der Waals surface area contributed by atoms with Crippen molar-refractivity contribution in [3.05, 3.63) is 63.2 Å². The molecule has 0 saturated heterocycles. The minimum atomic E-state index is -0.369. The second-order valence-corrected chi connectivity index (χ2v) is 5.58. The number of nitro groups is 1. The van der Waals surface area contributed by atoms with Crippen molar-refractivity contribution in [2.75, 3.05) is 11.9 Å². The Balaban J connectivity index is 2.22. The Morgan fingerprint density at radius 2 is 2.04 bits per heavy atom. The molecule has 0 fully saturated rings. The van der Waals surface area contributed by atoms with Gasteiger partial charge >= 0.3 is 0 Å². The molecule has 2 N–H and O–H groups in total. The van der Waals surface area contributed by atoms with Crippen LogP contribution in [0.15, 0.2) is 36.4 Å². The van der Waals surface area contributed by atoms with Gasteiger partial charge in [-0.2, -0.15) is 0 Å². The maximum Gasteiger partial charge on any atom is 0.272 e. The SMILES string of the molecule is CCOc1ccc(NC(C)c2ccc(C)c([N+](=O)[O-])c2)cc1CO. The molecule has 0 saturated carbocycles. The van der Waals surface area contributed by atoms with E-state index in [-0.39, 0.29) is 23.3 Å². The second kappa shape index (κ2) is 7.79. The third kappa shape index (κ3) is 4.02. The number of aliphatic hydroxyl groups is 1. The molecule has 2 rings (SSSR count). The summed E-state index contributed by atoms with van der Waals surface area (Å²) < 4.78 is 5.47. The van der Waals surface area contributed by atoms with Crippen molar-refractivity contribution >= 4 is 11.4 Å². The monoisotopic (exact) mass is 330 g/mol. The summed E-state index contributed by atoms with van der Waals surface area (Å²) >= 11 is 0. The van der Waals surface area contributed by atoms with Crippen LogP contribution in [-0.4, -0.2) is 16.6 Å². The van der Waals surface area contributed by atoms with Crippen LogP contribution in [0.25, 0.3) is 0 Å². The Morgan fingerprint density at radius 1 is 1.29 bits per heavy atom. The lowest BCUT2D eigenvalue weighted by Gasteiger charge is -2.18. The predicted octanol–water partition coefficient (Wildman–Crippen LogP) is 3.97. The fourth-order valence-electron chi connectivity index (χ4n) is 2.51. The van der Waals surface area contributed by atoms with E-state index in [4.69, 9.17) is 4.74 Å². The van der Waals surface area contributed by atoms with E-state index >= 15 is 0 Å². The first-order valence-corrected chi connectivity index (χ1v) is 7.84. The molecular weight excluding hydrogens is 308 g/mol. The largest absolute Gasteiger partial charge is 0.494 e. The summed E-state index contributed by atoms with van der Waals surface area (Å²) in [6, 6.07) is 10.6. The molecule has 1 atom stereocenters.